The number of ether oxygens (including phenoxy) is 3. The predicted octanol–water partition coefficient (Wildman–Crippen LogP) is 4.35. The van der Waals surface area contributed by atoms with E-state index in [1.165, 1.54) is 10.9 Å². The lowest BCUT2D eigenvalue weighted by Gasteiger charge is -2.12. The van der Waals surface area contributed by atoms with Gasteiger partial charge in [-0.1, -0.05) is 18.2 Å². The van der Waals surface area contributed by atoms with E-state index in [-0.39, 0.29) is 12.7 Å². The molecule has 0 atom stereocenters. The van der Waals surface area contributed by atoms with Crippen LogP contribution in [0.25, 0.3) is 10.9 Å². The van der Waals surface area contributed by atoms with Gasteiger partial charge in [-0.15, -0.1) is 0 Å². The van der Waals surface area contributed by atoms with Crippen LogP contribution in [0.15, 0.2) is 77.9 Å². The third kappa shape index (κ3) is 4.66. The van der Waals surface area contributed by atoms with Gasteiger partial charge < -0.3 is 24.5 Å². The normalized spacial score (nSPS) is 12.6. The Morgan fingerprint density at radius 2 is 1.88 bits per heavy atom. The van der Waals surface area contributed by atoms with Crippen LogP contribution in [0.3, 0.4) is 0 Å². The van der Waals surface area contributed by atoms with E-state index in [4.69, 9.17) is 14.2 Å². The first-order chi connectivity index (χ1) is 16.7. The number of H-pyrrole nitrogens is 1. The van der Waals surface area contributed by atoms with E-state index in [0.717, 1.165) is 23.4 Å². The maximum atomic E-state index is 13.0. The highest BCUT2D eigenvalue weighted by molar-refractivity contribution is 6.10. The summed E-state index contributed by atoms with van der Waals surface area (Å²) in [5.74, 6) is 1.97. The molecule has 0 fully saturated rings. The summed E-state index contributed by atoms with van der Waals surface area (Å²) >= 11 is 0. The third-order valence-electron chi connectivity index (χ3n) is 5.55. The number of aromatic amines is 1. The summed E-state index contributed by atoms with van der Waals surface area (Å²) in [6.45, 7) is 0.641. The molecular formula is C26H24N4O4. The molecule has 34 heavy (non-hydrogen) atoms. The molecule has 8 heteroatoms. The standard InChI is InChI=1S/C26H24N4O4/c1-32-20-9-7-19(8-10-20)29-26(27-13-12-18-15-28-22-5-3-2-4-21(18)22)30-25(31)17-6-11-23-24(14-17)34-16-33-23/h2-11,14-15,28H,12-13,16H2,1H3,(H2,27,29,30,31). The number of fused-ring (bicyclic) bond motifs is 2. The number of carbonyl (C=O) groups excluding carboxylic acids is 1. The molecule has 0 saturated carbocycles. The monoisotopic (exact) mass is 456 g/mol. The number of guanidine groups is 1. The zero-order chi connectivity index (χ0) is 23.3. The highest BCUT2D eigenvalue weighted by Gasteiger charge is 2.17. The van der Waals surface area contributed by atoms with Gasteiger partial charge >= 0.3 is 0 Å². The van der Waals surface area contributed by atoms with Crippen LogP contribution in [0, 0.1) is 0 Å². The quantitative estimate of drug-likeness (QED) is 0.296. The zero-order valence-electron chi connectivity index (χ0n) is 18.6. The first kappa shape index (κ1) is 21.4. The molecule has 5 rings (SSSR count). The number of methoxy groups -OCH3 is 1. The molecule has 2 heterocycles. The lowest BCUT2D eigenvalue weighted by atomic mass is 10.1. The molecule has 0 spiro atoms. The van der Waals surface area contributed by atoms with Crippen molar-refractivity contribution in [3.8, 4) is 17.2 Å². The van der Waals surface area contributed by atoms with Crippen molar-refractivity contribution in [2.45, 2.75) is 6.42 Å². The molecule has 1 amide bonds. The van der Waals surface area contributed by atoms with Gasteiger partial charge in [-0.2, -0.15) is 0 Å². The van der Waals surface area contributed by atoms with Gasteiger partial charge in [0.1, 0.15) is 5.75 Å². The Labute approximate surface area is 196 Å². The second-order valence-electron chi connectivity index (χ2n) is 7.72. The summed E-state index contributed by atoms with van der Waals surface area (Å²) < 4.78 is 15.9. The predicted molar refractivity (Wildman–Crippen MR) is 131 cm³/mol. The molecule has 1 aliphatic heterocycles. The number of rotatable bonds is 6. The topological polar surface area (TPSA) is 97.0 Å². The average molecular weight is 457 g/mol. The molecule has 3 aromatic carbocycles. The molecule has 1 aromatic heterocycles. The minimum atomic E-state index is -0.301. The molecule has 8 nitrogen and oxygen atoms in total. The summed E-state index contributed by atoms with van der Waals surface area (Å²) in [6.07, 6.45) is 2.72. The van der Waals surface area contributed by atoms with Crippen molar-refractivity contribution in [2.75, 3.05) is 25.8 Å². The Morgan fingerprint density at radius 1 is 1.06 bits per heavy atom. The van der Waals surface area contributed by atoms with E-state index in [0.29, 0.717) is 29.6 Å². The Morgan fingerprint density at radius 3 is 2.74 bits per heavy atom. The fourth-order valence-corrected chi connectivity index (χ4v) is 3.77. The molecular weight excluding hydrogens is 432 g/mol. The van der Waals surface area contributed by atoms with Crippen LogP contribution < -0.4 is 24.8 Å². The van der Waals surface area contributed by atoms with Crippen molar-refractivity contribution < 1.29 is 19.0 Å². The molecule has 4 aromatic rings. The first-order valence-corrected chi connectivity index (χ1v) is 10.9. The first-order valence-electron chi connectivity index (χ1n) is 10.9. The second-order valence-corrected chi connectivity index (χ2v) is 7.72. The maximum Gasteiger partial charge on any atom is 0.258 e. The number of nitrogens with one attached hydrogen (secondary N) is 3. The Hall–Kier alpha value is -4.46. The van der Waals surface area contributed by atoms with Crippen LogP contribution in [-0.4, -0.2) is 37.3 Å². The van der Waals surface area contributed by atoms with Gasteiger partial charge in [0.05, 0.1) is 7.11 Å². The number of aromatic nitrogens is 1. The number of hydrogen-bond donors (Lipinski definition) is 3. The van der Waals surface area contributed by atoms with E-state index < -0.39 is 0 Å². The Balaban J connectivity index is 1.33. The van der Waals surface area contributed by atoms with Crippen LogP contribution in [0.2, 0.25) is 0 Å². The minimum absolute atomic E-state index is 0.153. The van der Waals surface area contributed by atoms with Crippen molar-refractivity contribution in [1.29, 1.82) is 0 Å². The summed E-state index contributed by atoms with van der Waals surface area (Å²) in [4.78, 5) is 20.9. The Kier molecular flexibility index (Phi) is 6.03. The number of carbonyl (C=O) groups is 1. The zero-order valence-corrected chi connectivity index (χ0v) is 18.6. The number of amides is 1. The molecule has 3 N–H and O–H groups in total. The number of aliphatic imine (C=N–C) groups is 1. The largest absolute Gasteiger partial charge is 0.497 e. The third-order valence-corrected chi connectivity index (χ3v) is 5.55. The van der Waals surface area contributed by atoms with Crippen LogP contribution in [-0.2, 0) is 6.42 Å². The van der Waals surface area contributed by atoms with E-state index in [1.54, 1.807) is 25.3 Å². The number of benzene rings is 3. The van der Waals surface area contributed by atoms with Gasteiger partial charge in [0, 0.05) is 34.9 Å². The van der Waals surface area contributed by atoms with Gasteiger partial charge in [-0.3, -0.25) is 15.1 Å². The molecule has 172 valence electrons. The van der Waals surface area contributed by atoms with E-state index >= 15 is 0 Å². The van der Waals surface area contributed by atoms with Gasteiger partial charge in [0.15, 0.2) is 11.5 Å². The number of anilines is 1. The van der Waals surface area contributed by atoms with E-state index in [9.17, 15) is 4.79 Å². The van der Waals surface area contributed by atoms with Crippen molar-refractivity contribution in [3.63, 3.8) is 0 Å². The number of nitrogens with zero attached hydrogens (tertiary/aromatic N) is 1. The fourth-order valence-electron chi connectivity index (χ4n) is 3.77. The fraction of sp³-hybridized carbons (Fsp3) is 0.154. The van der Waals surface area contributed by atoms with Crippen molar-refractivity contribution in [3.05, 3.63) is 84.1 Å². The molecule has 0 saturated heterocycles. The van der Waals surface area contributed by atoms with Crippen LogP contribution in [0.5, 0.6) is 17.2 Å². The van der Waals surface area contributed by atoms with Crippen LogP contribution in [0.1, 0.15) is 15.9 Å². The minimum Gasteiger partial charge on any atom is -0.497 e. The molecule has 1 aliphatic rings. The van der Waals surface area contributed by atoms with Crippen molar-refractivity contribution in [2.24, 2.45) is 4.99 Å². The summed E-state index contributed by atoms with van der Waals surface area (Å²) in [5, 5.41) is 7.26. The van der Waals surface area contributed by atoms with Gasteiger partial charge in [-0.05, 0) is 60.5 Å². The van der Waals surface area contributed by atoms with Gasteiger partial charge in [-0.25, -0.2) is 0 Å². The Bertz CT molecular complexity index is 1340. The highest BCUT2D eigenvalue weighted by atomic mass is 16.7. The SMILES string of the molecule is COc1ccc(NC(=NCCc2c[nH]c3ccccc23)NC(=O)c2ccc3c(c2)OCO3)cc1. The maximum absolute atomic E-state index is 13.0. The summed E-state index contributed by atoms with van der Waals surface area (Å²) in [6, 6.07) is 20.6. The molecule has 0 radical (unpaired) electrons. The van der Waals surface area contributed by atoms with E-state index in [1.807, 2.05) is 48.7 Å². The van der Waals surface area contributed by atoms with Gasteiger partial charge in [0.25, 0.3) is 5.91 Å². The van der Waals surface area contributed by atoms with Crippen molar-refractivity contribution in [1.82, 2.24) is 10.3 Å². The van der Waals surface area contributed by atoms with Crippen molar-refractivity contribution >= 4 is 28.5 Å². The van der Waals surface area contributed by atoms with E-state index in [2.05, 4.69) is 26.7 Å². The highest BCUT2D eigenvalue weighted by Crippen LogP contribution is 2.32. The summed E-state index contributed by atoms with van der Waals surface area (Å²) in [7, 11) is 1.62. The molecule has 0 bridgehead atoms. The second kappa shape index (κ2) is 9.58. The molecule has 0 aliphatic carbocycles. The molecule has 0 unspecified atom stereocenters. The number of hydrogen-bond acceptors (Lipinski definition) is 5. The van der Waals surface area contributed by atoms with Gasteiger partial charge in [0.2, 0.25) is 12.8 Å². The summed E-state index contributed by atoms with van der Waals surface area (Å²) in [5.41, 5.74) is 3.49. The lowest BCUT2D eigenvalue weighted by molar-refractivity contribution is 0.0976. The number of para-hydroxylation sites is 1. The average Bonchev–Trinajstić information content (AvgIpc) is 3.51. The lowest BCUT2D eigenvalue weighted by Crippen LogP contribution is -2.36. The van der Waals surface area contributed by atoms with Crippen LogP contribution in [0.4, 0.5) is 5.69 Å². The smallest absolute Gasteiger partial charge is 0.258 e. The van der Waals surface area contributed by atoms with Crippen LogP contribution >= 0.6 is 0 Å².